The molecule has 2 amide bonds. The summed E-state index contributed by atoms with van der Waals surface area (Å²) in [5.41, 5.74) is 3.11. The number of hydrogen-bond donors (Lipinski definition) is 3. The van der Waals surface area contributed by atoms with E-state index in [1.54, 1.807) is 11.8 Å². The van der Waals surface area contributed by atoms with Crippen molar-refractivity contribution >= 4 is 23.5 Å². The SMILES string of the molecule is Cc1cccc(NC(=O)NCCSCCCO)c1C. The summed E-state index contributed by atoms with van der Waals surface area (Å²) in [4.78, 5) is 11.7. The molecule has 0 radical (unpaired) electrons. The Morgan fingerprint density at radius 2 is 2.11 bits per heavy atom. The van der Waals surface area contributed by atoms with Gasteiger partial charge < -0.3 is 15.7 Å². The maximum atomic E-state index is 11.7. The Hall–Kier alpha value is -1.20. The van der Waals surface area contributed by atoms with Gasteiger partial charge >= 0.3 is 6.03 Å². The average molecular weight is 282 g/mol. The molecule has 1 aromatic rings. The van der Waals surface area contributed by atoms with Gasteiger partial charge in [-0.25, -0.2) is 4.79 Å². The largest absolute Gasteiger partial charge is 0.396 e. The number of hydrogen-bond acceptors (Lipinski definition) is 3. The first-order valence-corrected chi connectivity index (χ1v) is 7.60. The molecular weight excluding hydrogens is 260 g/mol. The molecule has 0 saturated heterocycles. The van der Waals surface area contributed by atoms with E-state index >= 15 is 0 Å². The van der Waals surface area contributed by atoms with Crippen molar-refractivity contribution in [3.63, 3.8) is 0 Å². The molecule has 3 N–H and O–H groups in total. The zero-order valence-electron chi connectivity index (χ0n) is 11.5. The zero-order valence-corrected chi connectivity index (χ0v) is 12.3. The van der Waals surface area contributed by atoms with E-state index in [1.807, 2.05) is 32.0 Å². The van der Waals surface area contributed by atoms with Crippen LogP contribution in [0.2, 0.25) is 0 Å². The second-order valence-corrected chi connectivity index (χ2v) is 5.54. The number of carbonyl (C=O) groups is 1. The fourth-order valence-electron chi connectivity index (χ4n) is 1.56. The number of amides is 2. The molecule has 0 fully saturated rings. The molecule has 1 rings (SSSR count). The van der Waals surface area contributed by atoms with E-state index in [0.717, 1.165) is 34.7 Å². The number of thioether (sulfide) groups is 1. The van der Waals surface area contributed by atoms with E-state index in [9.17, 15) is 4.79 Å². The number of rotatable bonds is 7. The Bertz CT molecular complexity index is 410. The van der Waals surface area contributed by atoms with Crippen molar-refractivity contribution in [1.29, 1.82) is 0 Å². The minimum atomic E-state index is -0.170. The van der Waals surface area contributed by atoms with Crippen LogP contribution in [0.15, 0.2) is 18.2 Å². The van der Waals surface area contributed by atoms with Gasteiger partial charge in [0.1, 0.15) is 0 Å². The molecule has 0 aromatic heterocycles. The fourth-order valence-corrected chi connectivity index (χ4v) is 2.34. The van der Waals surface area contributed by atoms with Crippen LogP contribution >= 0.6 is 11.8 Å². The minimum Gasteiger partial charge on any atom is -0.396 e. The zero-order chi connectivity index (χ0) is 14.1. The van der Waals surface area contributed by atoms with Crippen molar-refractivity contribution < 1.29 is 9.90 Å². The molecule has 0 unspecified atom stereocenters. The fraction of sp³-hybridized carbons (Fsp3) is 0.500. The van der Waals surface area contributed by atoms with Gasteiger partial charge in [-0.2, -0.15) is 11.8 Å². The second kappa shape index (κ2) is 8.82. The number of anilines is 1. The van der Waals surface area contributed by atoms with Crippen LogP contribution in [-0.2, 0) is 0 Å². The van der Waals surface area contributed by atoms with E-state index < -0.39 is 0 Å². The number of aliphatic hydroxyl groups is 1. The van der Waals surface area contributed by atoms with Crippen molar-refractivity contribution in [1.82, 2.24) is 5.32 Å². The molecule has 0 bridgehead atoms. The van der Waals surface area contributed by atoms with Crippen LogP contribution in [0.4, 0.5) is 10.5 Å². The summed E-state index contributed by atoms with van der Waals surface area (Å²) in [5, 5.41) is 14.3. The summed E-state index contributed by atoms with van der Waals surface area (Å²) >= 11 is 1.73. The Morgan fingerprint density at radius 3 is 2.84 bits per heavy atom. The predicted molar refractivity (Wildman–Crippen MR) is 82.0 cm³/mol. The third-order valence-electron chi connectivity index (χ3n) is 2.83. The van der Waals surface area contributed by atoms with Gasteiger partial charge in [-0.3, -0.25) is 0 Å². The third kappa shape index (κ3) is 5.98. The van der Waals surface area contributed by atoms with Crippen LogP contribution in [0.5, 0.6) is 0 Å². The van der Waals surface area contributed by atoms with Gasteiger partial charge in [0.05, 0.1) is 0 Å². The van der Waals surface area contributed by atoms with Gasteiger partial charge in [-0.05, 0) is 43.2 Å². The molecule has 0 aliphatic carbocycles. The van der Waals surface area contributed by atoms with Crippen molar-refractivity contribution in [2.75, 3.05) is 30.0 Å². The van der Waals surface area contributed by atoms with Crippen LogP contribution in [0.3, 0.4) is 0 Å². The lowest BCUT2D eigenvalue weighted by Gasteiger charge is -2.11. The second-order valence-electron chi connectivity index (χ2n) is 4.32. The van der Waals surface area contributed by atoms with E-state index in [1.165, 1.54) is 0 Å². The molecule has 19 heavy (non-hydrogen) atoms. The number of nitrogens with one attached hydrogen (secondary N) is 2. The molecule has 1 aromatic carbocycles. The number of aryl methyl sites for hydroxylation is 1. The van der Waals surface area contributed by atoms with Crippen molar-refractivity contribution in [2.45, 2.75) is 20.3 Å². The smallest absolute Gasteiger partial charge is 0.319 e. The lowest BCUT2D eigenvalue weighted by molar-refractivity contribution is 0.252. The first-order valence-electron chi connectivity index (χ1n) is 6.45. The molecular formula is C14H22N2O2S. The first kappa shape index (κ1) is 15.9. The van der Waals surface area contributed by atoms with Crippen LogP contribution in [0, 0.1) is 13.8 Å². The number of urea groups is 1. The Kier molecular flexibility index (Phi) is 7.36. The highest BCUT2D eigenvalue weighted by atomic mass is 32.2. The van der Waals surface area contributed by atoms with Gasteiger partial charge in [-0.1, -0.05) is 12.1 Å². The third-order valence-corrected chi connectivity index (χ3v) is 3.90. The van der Waals surface area contributed by atoms with Crippen LogP contribution in [-0.4, -0.2) is 35.8 Å². The van der Waals surface area contributed by atoms with E-state index in [4.69, 9.17) is 5.11 Å². The van der Waals surface area contributed by atoms with Gasteiger partial charge in [0.15, 0.2) is 0 Å². The van der Waals surface area contributed by atoms with Crippen LogP contribution < -0.4 is 10.6 Å². The Labute approximate surface area is 119 Å². The average Bonchev–Trinajstić information content (AvgIpc) is 2.39. The van der Waals surface area contributed by atoms with Gasteiger partial charge in [-0.15, -0.1) is 0 Å². The number of carbonyl (C=O) groups excluding carboxylic acids is 1. The molecule has 0 aliphatic rings. The topological polar surface area (TPSA) is 61.4 Å². The van der Waals surface area contributed by atoms with Gasteiger partial charge in [0, 0.05) is 24.6 Å². The first-order chi connectivity index (χ1) is 9.15. The molecule has 4 nitrogen and oxygen atoms in total. The maximum Gasteiger partial charge on any atom is 0.319 e. The summed E-state index contributed by atoms with van der Waals surface area (Å²) < 4.78 is 0. The molecule has 0 heterocycles. The van der Waals surface area contributed by atoms with Crippen molar-refractivity contribution in [3.8, 4) is 0 Å². The molecule has 0 atom stereocenters. The van der Waals surface area contributed by atoms with E-state index in [2.05, 4.69) is 10.6 Å². The molecule has 0 spiro atoms. The summed E-state index contributed by atoms with van der Waals surface area (Å²) in [5.74, 6) is 1.79. The predicted octanol–water partition coefficient (Wildman–Crippen LogP) is 2.54. The molecule has 0 aliphatic heterocycles. The minimum absolute atomic E-state index is 0.170. The Balaban J connectivity index is 2.26. The highest BCUT2D eigenvalue weighted by molar-refractivity contribution is 7.99. The summed E-state index contributed by atoms with van der Waals surface area (Å²) in [6.45, 7) is 4.88. The highest BCUT2D eigenvalue weighted by Crippen LogP contribution is 2.17. The van der Waals surface area contributed by atoms with Crippen LogP contribution in [0.25, 0.3) is 0 Å². The molecule has 106 valence electrons. The van der Waals surface area contributed by atoms with E-state index in [0.29, 0.717) is 6.54 Å². The molecule has 0 saturated carbocycles. The summed E-state index contributed by atoms with van der Waals surface area (Å²) in [7, 11) is 0. The van der Waals surface area contributed by atoms with Crippen molar-refractivity contribution in [3.05, 3.63) is 29.3 Å². The number of benzene rings is 1. The lowest BCUT2D eigenvalue weighted by Crippen LogP contribution is -2.30. The standard InChI is InChI=1S/C14H22N2O2S/c1-11-5-3-6-13(12(11)2)16-14(18)15-7-10-19-9-4-8-17/h3,5-6,17H,4,7-10H2,1-2H3,(H2,15,16,18). The Morgan fingerprint density at radius 1 is 1.32 bits per heavy atom. The van der Waals surface area contributed by atoms with Gasteiger partial charge in [0.2, 0.25) is 0 Å². The maximum absolute atomic E-state index is 11.7. The summed E-state index contributed by atoms with van der Waals surface area (Å²) in [6.07, 6.45) is 0.805. The quantitative estimate of drug-likeness (QED) is 0.674. The van der Waals surface area contributed by atoms with Crippen molar-refractivity contribution in [2.24, 2.45) is 0 Å². The molecule has 5 heteroatoms. The monoisotopic (exact) mass is 282 g/mol. The van der Waals surface area contributed by atoms with Gasteiger partial charge in [0.25, 0.3) is 0 Å². The number of aliphatic hydroxyl groups excluding tert-OH is 1. The van der Waals surface area contributed by atoms with E-state index in [-0.39, 0.29) is 12.6 Å². The highest BCUT2D eigenvalue weighted by Gasteiger charge is 2.04. The normalized spacial score (nSPS) is 10.3. The lowest BCUT2D eigenvalue weighted by atomic mass is 10.1. The van der Waals surface area contributed by atoms with Crippen LogP contribution in [0.1, 0.15) is 17.5 Å². The summed E-state index contributed by atoms with van der Waals surface area (Å²) in [6, 6.07) is 5.69.